The van der Waals surface area contributed by atoms with Crippen molar-refractivity contribution in [3.8, 4) is 0 Å². The van der Waals surface area contributed by atoms with Gasteiger partial charge in [-0.3, -0.25) is 0 Å². The van der Waals surface area contributed by atoms with Crippen molar-refractivity contribution in [3.05, 3.63) is 33.0 Å². The van der Waals surface area contributed by atoms with Crippen molar-refractivity contribution >= 4 is 27.5 Å². The smallest absolute Gasteiger partial charge is 0.129 e. The van der Waals surface area contributed by atoms with E-state index in [9.17, 15) is 4.39 Å². The summed E-state index contributed by atoms with van der Waals surface area (Å²) in [6, 6.07) is 3.33. The maximum atomic E-state index is 14.1. The summed E-state index contributed by atoms with van der Waals surface area (Å²) >= 11 is 9.35. The largest absolute Gasteiger partial charge is 0.310 e. The molecule has 2 rings (SSSR count). The molecule has 4 heteroatoms. The van der Waals surface area contributed by atoms with Crippen LogP contribution in [-0.2, 0) is 0 Å². The van der Waals surface area contributed by atoms with Crippen LogP contribution in [0, 0.1) is 11.7 Å². The van der Waals surface area contributed by atoms with Gasteiger partial charge in [0.1, 0.15) is 5.82 Å². The lowest BCUT2D eigenvalue weighted by molar-refractivity contribution is 0.227. The first-order chi connectivity index (χ1) is 8.63. The Morgan fingerprint density at radius 2 is 2.22 bits per heavy atom. The molecule has 1 N–H and O–H groups in total. The Balaban J connectivity index is 2.25. The minimum Gasteiger partial charge on any atom is -0.310 e. The molecule has 1 aromatic carbocycles. The predicted molar refractivity (Wildman–Crippen MR) is 77.5 cm³/mol. The maximum Gasteiger partial charge on any atom is 0.129 e. The number of nitrogens with one attached hydrogen (secondary N) is 1. The highest BCUT2D eigenvalue weighted by Crippen LogP contribution is 2.40. The first-order valence-corrected chi connectivity index (χ1v) is 7.68. The lowest BCUT2D eigenvalue weighted by Gasteiger charge is -2.35. The van der Waals surface area contributed by atoms with E-state index < -0.39 is 0 Å². The SMILES string of the molecule is CCCNC(c1cc(Cl)c(Br)cc1F)C1CCC1. The maximum absolute atomic E-state index is 14.1. The van der Waals surface area contributed by atoms with Crippen molar-refractivity contribution in [2.24, 2.45) is 5.92 Å². The third kappa shape index (κ3) is 3.06. The Morgan fingerprint density at radius 1 is 1.50 bits per heavy atom. The Kier molecular flexibility index (Phi) is 5.05. The van der Waals surface area contributed by atoms with Gasteiger partial charge in [0, 0.05) is 16.1 Å². The van der Waals surface area contributed by atoms with E-state index >= 15 is 0 Å². The van der Waals surface area contributed by atoms with E-state index in [2.05, 4.69) is 28.2 Å². The van der Waals surface area contributed by atoms with Gasteiger partial charge in [-0.1, -0.05) is 24.9 Å². The second-order valence-corrected chi connectivity index (χ2v) is 6.17. The summed E-state index contributed by atoms with van der Waals surface area (Å²) in [4.78, 5) is 0. The summed E-state index contributed by atoms with van der Waals surface area (Å²) in [6.45, 7) is 3.03. The van der Waals surface area contributed by atoms with Gasteiger partial charge in [0.15, 0.2) is 0 Å². The Hall–Kier alpha value is -0.120. The van der Waals surface area contributed by atoms with E-state index in [0.29, 0.717) is 21.0 Å². The van der Waals surface area contributed by atoms with Crippen LogP contribution in [0.2, 0.25) is 5.02 Å². The summed E-state index contributed by atoms with van der Waals surface area (Å²) in [5.41, 5.74) is 0.710. The van der Waals surface area contributed by atoms with Crippen molar-refractivity contribution in [1.29, 1.82) is 0 Å². The van der Waals surface area contributed by atoms with Crippen molar-refractivity contribution in [3.63, 3.8) is 0 Å². The third-order valence-electron chi connectivity index (χ3n) is 3.61. The van der Waals surface area contributed by atoms with Gasteiger partial charge in [0.2, 0.25) is 0 Å². The molecule has 1 atom stereocenters. The van der Waals surface area contributed by atoms with Crippen LogP contribution in [0.5, 0.6) is 0 Å². The van der Waals surface area contributed by atoms with E-state index in [-0.39, 0.29) is 11.9 Å². The lowest BCUT2D eigenvalue weighted by Crippen LogP contribution is -2.33. The number of rotatable bonds is 5. The number of benzene rings is 1. The fourth-order valence-electron chi connectivity index (χ4n) is 2.38. The monoisotopic (exact) mass is 333 g/mol. The lowest BCUT2D eigenvalue weighted by atomic mass is 9.77. The van der Waals surface area contributed by atoms with Crippen molar-refractivity contribution in [2.75, 3.05) is 6.54 Å². The normalized spacial score (nSPS) is 17.6. The second-order valence-electron chi connectivity index (χ2n) is 4.91. The Bertz CT molecular complexity index is 421. The van der Waals surface area contributed by atoms with E-state index in [0.717, 1.165) is 13.0 Å². The van der Waals surface area contributed by atoms with Crippen molar-refractivity contribution in [2.45, 2.75) is 38.6 Å². The molecule has 0 heterocycles. The first-order valence-electron chi connectivity index (χ1n) is 6.51. The van der Waals surface area contributed by atoms with Crippen LogP contribution in [-0.4, -0.2) is 6.54 Å². The van der Waals surface area contributed by atoms with Gasteiger partial charge in [0.25, 0.3) is 0 Å². The molecule has 1 nitrogen and oxygen atoms in total. The van der Waals surface area contributed by atoms with Gasteiger partial charge >= 0.3 is 0 Å². The van der Waals surface area contributed by atoms with Crippen LogP contribution in [0.4, 0.5) is 4.39 Å². The molecule has 1 aromatic rings. The zero-order valence-corrected chi connectivity index (χ0v) is 12.8. The summed E-state index contributed by atoms with van der Waals surface area (Å²) in [7, 11) is 0. The fourth-order valence-corrected chi connectivity index (χ4v) is 2.87. The minimum atomic E-state index is -0.174. The van der Waals surface area contributed by atoms with Crippen molar-refractivity contribution < 1.29 is 4.39 Å². The molecular formula is C14H18BrClFN. The minimum absolute atomic E-state index is 0.101. The topological polar surface area (TPSA) is 12.0 Å². The van der Waals surface area contributed by atoms with E-state index in [4.69, 9.17) is 11.6 Å². The van der Waals surface area contributed by atoms with E-state index in [1.165, 1.54) is 25.3 Å². The standard InChI is InChI=1S/C14H18BrClFN/c1-2-6-18-14(9-4-3-5-9)10-7-12(16)11(15)8-13(10)17/h7-9,14,18H,2-6H2,1H3. The Labute approximate surface area is 121 Å². The zero-order chi connectivity index (χ0) is 13.1. The third-order valence-corrected chi connectivity index (χ3v) is 4.81. The number of halogens is 3. The quantitative estimate of drug-likeness (QED) is 0.740. The van der Waals surface area contributed by atoms with Gasteiger partial charge in [0.05, 0.1) is 5.02 Å². The molecule has 0 aliphatic heterocycles. The highest BCUT2D eigenvalue weighted by Gasteiger charge is 2.30. The second kappa shape index (κ2) is 6.36. The molecule has 1 unspecified atom stereocenters. The fraction of sp³-hybridized carbons (Fsp3) is 0.571. The van der Waals surface area contributed by atoms with Crippen LogP contribution in [0.25, 0.3) is 0 Å². The van der Waals surface area contributed by atoms with Gasteiger partial charge in [-0.2, -0.15) is 0 Å². The Morgan fingerprint density at radius 3 is 2.78 bits per heavy atom. The van der Waals surface area contributed by atoms with Gasteiger partial charge in [-0.15, -0.1) is 0 Å². The summed E-state index contributed by atoms with van der Waals surface area (Å²) < 4.78 is 14.7. The van der Waals surface area contributed by atoms with Crippen LogP contribution in [0.1, 0.15) is 44.2 Å². The highest BCUT2D eigenvalue weighted by molar-refractivity contribution is 9.10. The molecule has 0 radical (unpaired) electrons. The molecule has 0 saturated heterocycles. The van der Waals surface area contributed by atoms with E-state index in [1.807, 2.05) is 0 Å². The molecule has 100 valence electrons. The molecule has 1 aliphatic carbocycles. The molecule has 1 fully saturated rings. The number of hydrogen-bond donors (Lipinski definition) is 1. The van der Waals surface area contributed by atoms with Crippen LogP contribution in [0.15, 0.2) is 16.6 Å². The molecule has 18 heavy (non-hydrogen) atoms. The zero-order valence-electron chi connectivity index (χ0n) is 10.5. The van der Waals surface area contributed by atoms with E-state index in [1.54, 1.807) is 6.07 Å². The van der Waals surface area contributed by atoms with Gasteiger partial charge in [-0.05, 0) is 59.8 Å². The van der Waals surface area contributed by atoms with Gasteiger partial charge < -0.3 is 5.32 Å². The number of hydrogen-bond acceptors (Lipinski definition) is 1. The van der Waals surface area contributed by atoms with Crippen molar-refractivity contribution in [1.82, 2.24) is 5.32 Å². The summed E-state index contributed by atoms with van der Waals surface area (Å²) in [5, 5.41) is 4.04. The molecule has 0 bridgehead atoms. The molecular weight excluding hydrogens is 317 g/mol. The average Bonchev–Trinajstić information content (AvgIpc) is 2.27. The van der Waals surface area contributed by atoms with Crippen LogP contribution >= 0.6 is 27.5 Å². The molecule has 1 saturated carbocycles. The van der Waals surface area contributed by atoms with Gasteiger partial charge in [-0.25, -0.2) is 4.39 Å². The van der Waals surface area contributed by atoms with Crippen LogP contribution < -0.4 is 5.32 Å². The predicted octanol–water partition coefficient (Wildman–Crippen LogP) is 5.08. The summed E-state index contributed by atoms with van der Waals surface area (Å²) in [6.07, 6.45) is 4.65. The summed E-state index contributed by atoms with van der Waals surface area (Å²) in [5.74, 6) is 0.370. The highest BCUT2D eigenvalue weighted by atomic mass is 79.9. The first kappa shape index (κ1) is 14.3. The molecule has 1 aliphatic rings. The molecule has 0 aromatic heterocycles. The van der Waals surface area contributed by atoms with Crippen LogP contribution in [0.3, 0.4) is 0 Å². The molecule has 0 amide bonds. The average molecular weight is 335 g/mol. The molecule has 0 spiro atoms.